The molecule has 1 unspecified atom stereocenters. The highest BCUT2D eigenvalue weighted by atomic mass is 16.7. The summed E-state index contributed by atoms with van der Waals surface area (Å²) in [4.78, 5) is 27.8. The van der Waals surface area contributed by atoms with Gasteiger partial charge in [0, 0.05) is 44.1 Å². The predicted octanol–water partition coefficient (Wildman–Crippen LogP) is 2.50. The minimum absolute atomic E-state index is 0.0828. The summed E-state index contributed by atoms with van der Waals surface area (Å²) in [6.07, 6.45) is 11.2. The molecule has 1 amide bonds. The van der Waals surface area contributed by atoms with Crippen LogP contribution in [0.1, 0.15) is 31.2 Å². The van der Waals surface area contributed by atoms with E-state index in [1.807, 2.05) is 30.5 Å². The Morgan fingerprint density at radius 1 is 1.19 bits per heavy atom. The van der Waals surface area contributed by atoms with E-state index in [-0.39, 0.29) is 12.7 Å². The first kappa shape index (κ1) is 20.3. The van der Waals surface area contributed by atoms with E-state index < -0.39 is 0 Å². The number of imidazole rings is 1. The third-order valence-corrected chi connectivity index (χ3v) is 5.91. The van der Waals surface area contributed by atoms with Crippen LogP contribution in [0.2, 0.25) is 0 Å². The first-order valence-corrected chi connectivity index (χ1v) is 11.0. The first-order valence-electron chi connectivity index (χ1n) is 11.0. The van der Waals surface area contributed by atoms with Crippen LogP contribution in [0.5, 0.6) is 11.5 Å². The fourth-order valence-electron chi connectivity index (χ4n) is 4.27. The number of rotatable bonds is 8. The zero-order chi connectivity index (χ0) is 21.8. The molecule has 2 aromatic heterocycles. The van der Waals surface area contributed by atoms with Gasteiger partial charge in [-0.1, -0.05) is 6.07 Å². The summed E-state index contributed by atoms with van der Waals surface area (Å²) in [5.41, 5.74) is 1.12. The van der Waals surface area contributed by atoms with Crippen molar-refractivity contribution in [3.05, 3.63) is 54.7 Å². The van der Waals surface area contributed by atoms with E-state index in [0.29, 0.717) is 25.0 Å². The average molecular weight is 435 g/mol. The minimum Gasteiger partial charge on any atom is -0.454 e. The molecular formula is C23H26N6O3. The molecule has 2 aliphatic heterocycles. The number of carbonyl (C=O) groups is 1. The van der Waals surface area contributed by atoms with Crippen molar-refractivity contribution in [3.63, 3.8) is 0 Å². The number of fused-ring (bicyclic) bond motifs is 1. The molecule has 0 bridgehead atoms. The zero-order valence-corrected chi connectivity index (χ0v) is 17.8. The van der Waals surface area contributed by atoms with Gasteiger partial charge in [0.05, 0.1) is 0 Å². The normalized spacial score (nSPS) is 17.0. The van der Waals surface area contributed by atoms with Crippen LogP contribution in [-0.4, -0.2) is 51.4 Å². The average Bonchev–Trinajstić information content (AvgIpc) is 3.59. The van der Waals surface area contributed by atoms with Crippen molar-refractivity contribution < 1.29 is 14.3 Å². The fraction of sp³-hybridized carbons (Fsp3) is 0.391. The molecule has 1 N–H and O–H groups in total. The molecule has 1 saturated heterocycles. The number of aromatic nitrogens is 4. The van der Waals surface area contributed by atoms with Crippen LogP contribution in [0.3, 0.4) is 0 Å². The maximum absolute atomic E-state index is 12.4. The van der Waals surface area contributed by atoms with E-state index in [0.717, 1.165) is 55.1 Å². The van der Waals surface area contributed by atoms with E-state index >= 15 is 0 Å². The van der Waals surface area contributed by atoms with Gasteiger partial charge in [-0.05, 0) is 49.4 Å². The molecule has 2 aliphatic rings. The van der Waals surface area contributed by atoms with Crippen LogP contribution in [0, 0.1) is 0 Å². The highest BCUT2D eigenvalue weighted by Gasteiger charge is 2.26. The summed E-state index contributed by atoms with van der Waals surface area (Å²) < 4.78 is 12.5. The van der Waals surface area contributed by atoms with E-state index in [4.69, 9.17) is 14.5 Å². The topological polar surface area (TPSA) is 94.4 Å². The summed E-state index contributed by atoms with van der Waals surface area (Å²) in [5.74, 6) is 3.14. The maximum Gasteiger partial charge on any atom is 0.236 e. The second-order valence-electron chi connectivity index (χ2n) is 8.00. The van der Waals surface area contributed by atoms with Gasteiger partial charge in [-0.3, -0.25) is 9.36 Å². The molecule has 0 aliphatic carbocycles. The molecule has 1 atom stereocenters. The number of nitrogens with zero attached hydrogens (tertiary/aromatic N) is 5. The summed E-state index contributed by atoms with van der Waals surface area (Å²) in [7, 11) is 0. The Labute approximate surface area is 186 Å². The van der Waals surface area contributed by atoms with Crippen molar-refractivity contribution in [1.82, 2.24) is 24.8 Å². The van der Waals surface area contributed by atoms with Crippen molar-refractivity contribution in [1.29, 1.82) is 0 Å². The first-order chi connectivity index (χ1) is 15.8. The van der Waals surface area contributed by atoms with Crippen molar-refractivity contribution in [2.24, 2.45) is 0 Å². The van der Waals surface area contributed by atoms with Gasteiger partial charge >= 0.3 is 0 Å². The molecule has 166 valence electrons. The highest BCUT2D eigenvalue weighted by molar-refractivity contribution is 5.76. The Bertz CT molecular complexity index is 1070. The molecular weight excluding hydrogens is 408 g/mol. The molecule has 9 nitrogen and oxygen atoms in total. The second-order valence-corrected chi connectivity index (χ2v) is 8.00. The largest absolute Gasteiger partial charge is 0.454 e. The number of ether oxygens (including phenoxy) is 2. The lowest BCUT2D eigenvalue weighted by molar-refractivity contribution is -0.121. The number of benzene rings is 1. The molecule has 4 heterocycles. The van der Waals surface area contributed by atoms with Gasteiger partial charge in [0.2, 0.25) is 18.6 Å². The van der Waals surface area contributed by atoms with Gasteiger partial charge in [0.1, 0.15) is 12.1 Å². The fourth-order valence-corrected chi connectivity index (χ4v) is 4.27. The van der Waals surface area contributed by atoms with Gasteiger partial charge < -0.3 is 19.7 Å². The van der Waals surface area contributed by atoms with E-state index in [9.17, 15) is 4.79 Å². The molecule has 5 rings (SSSR count). The Hall–Kier alpha value is -3.62. The van der Waals surface area contributed by atoms with Crippen LogP contribution in [0.25, 0.3) is 5.95 Å². The quantitative estimate of drug-likeness (QED) is 0.582. The monoisotopic (exact) mass is 434 g/mol. The number of anilines is 1. The summed E-state index contributed by atoms with van der Waals surface area (Å²) in [6, 6.07) is 8.14. The lowest BCUT2D eigenvalue weighted by atomic mass is 10.1. The van der Waals surface area contributed by atoms with Crippen molar-refractivity contribution in [2.75, 3.05) is 24.8 Å². The molecule has 1 aromatic carbocycles. The molecule has 32 heavy (non-hydrogen) atoms. The number of hydrogen-bond donors (Lipinski definition) is 1. The highest BCUT2D eigenvalue weighted by Crippen LogP contribution is 2.32. The number of hydrogen-bond acceptors (Lipinski definition) is 7. The third kappa shape index (κ3) is 4.51. The standard InChI is InChI=1S/C23H26N6O3/c30-22(25-9-7-17-3-5-19-20(14-17)32-16-31-19)6-4-18-2-1-12-29(18)21-8-10-26-23(27-21)28-13-11-24-15-28/h3,5,8,10-11,13-15,18H,1-2,4,6-7,9,12,16H2,(H,25,30). The Morgan fingerprint density at radius 3 is 3.03 bits per heavy atom. The number of nitrogens with one attached hydrogen (secondary N) is 1. The van der Waals surface area contributed by atoms with E-state index in [1.165, 1.54) is 0 Å². The number of amides is 1. The molecule has 9 heteroatoms. The number of carbonyl (C=O) groups excluding carboxylic acids is 1. The Kier molecular flexibility index (Phi) is 5.87. The summed E-state index contributed by atoms with van der Waals surface area (Å²) in [6.45, 7) is 1.82. The van der Waals surface area contributed by atoms with Crippen molar-refractivity contribution >= 4 is 11.7 Å². The van der Waals surface area contributed by atoms with Crippen molar-refractivity contribution in [2.45, 2.75) is 38.1 Å². The van der Waals surface area contributed by atoms with Crippen LogP contribution in [-0.2, 0) is 11.2 Å². The lowest BCUT2D eigenvalue weighted by Gasteiger charge is -2.25. The van der Waals surface area contributed by atoms with Gasteiger partial charge in [-0.25, -0.2) is 9.97 Å². The minimum atomic E-state index is 0.0828. The van der Waals surface area contributed by atoms with E-state index in [1.54, 1.807) is 23.3 Å². The SMILES string of the molecule is O=C(CCC1CCCN1c1ccnc(-n2ccnc2)n1)NCCc1ccc2c(c1)OCO2. The van der Waals surface area contributed by atoms with Crippen molar-refractivity contribution in [3.8, 4) is 17.4 Å². The molecule has 0 saturated carbocycles. The van der Waals surface area contributed by atoms with Crippen LogP contribution in [0.15, 0.2) is 49.2 Å². The third-order valence-electron chi connectivity index (χ3n) is 5.91. The molecule has 0 radical (unpaired) electrons. The van der Waals surface area contributed by atoms with E-state index in [2.05, 4.69) is 20.2 Å². The molecule has 3 aromatic rings. The lowest BCUT2D eigenvalue weighted by Crippen LogP contribution is -2.32. The van der Waals surface area contributed by atoms with Gasteiger partial charge in [-0.15, -0.1) is 0 Å². The second kappa shape index (κ2) is 9.25. The zero-order valence-electron chi connectivity index (χ0n) is 17.8. The van der Waals surface area contributed by atoms with Crippen LogP contribution < -0.4 is 19.7 Å². The molecule has 1 fully saturated rings. The van der Waals surface area contributed by atoms with Gasteiger partial charge in [0.15, 0.2) is 11.5 Å². The Balaban J connectivity index is 1.11. The van der Waals surface area contributed by atoms with Gasteiger partial charge in [0.25, 0.3) is 0 Å². The Morgan fingerprint density at radius 2 is 2.12 bits per heavy atom. The summed E-state index contributed by atoms with van der Waals surface area (Å²) in [5, 5.41) is 3.04. The maximum atomic E-state index is 12.4. The summed E-state index contributed by atoms with van der Waals surface area (Å²) >= 11 is 0. The molecule has 0 spiro atoms. The smallest absolute Gasteiger partial charge is 0.236 e. The van der Waals surface area contributed by atoms with Crippen LogP contribution in [0.4, 0.5) is 5.82 Å². The predicted molar refractivity (Wildman–Crippen MR) is 118 cm³/mol. The van der Waals surface area contributed by atoms with Gasteiger partial charge in [-0.2, -0.15) is 4.98 Å². The van der Waals surface area contributed by atoms with Crippen LogP contribution >= 0.6 is 0 Å².